The summed E-state index contributed by atoms with van der Waals surface area (Å²) < 4.78 is 12.3. The Kier molecular flexibility index (Phi) is 5.79. The number of halogens is 3. The third-order valence-corrected chi connectivity index (χ3v) is 4.34. The van der Waals surface area contributed by atoms with Crippen molar-refractivity contribution in [3.05, 3.63) is 49.9 Å². The van der Waals surface area contributed by atoms with Crippen molar-refractivity contribution in [3.8, 4) is 11.5 Å². The van der Waals surface area contributed by atoms with Gasteiger partial charge in [0.25, 0.3) is 0 Å². The first-order valence-electron chi connectivity index (χ1n) is 6.14. The molecule has 0 aliphatic heterocycles. The summed E-state index contributed by atoms with van der Waals surface area (Å²) in [5, 5.41) is 3.97. The predicted octanol–water partition coefficient (Wildman–Crippen LogP) is 5.49. The molecule has 0 saturated heterocycles. The monoisotopic (exact) mass is 433 g/mol. The van der Waals surface area contributed by atoms with Crippen molar-refractivity contribution in [2.24, 2.45) is 0 Å². The highest BCUT2D eigenvalue weighted by Gasteiger charge is 2.09. The predicted molar refractivity (Wildman–Crippen MR) is 93.7 cm³/mol. The SMILES string of the molecule is COc1ccc(CNc2cc(Cl)cc(Br)c2OC)cc1Br. The van der Waals surface area contributed by atoms with Crippen LogP contribution in [0.15, 0.2) is 39.3 Å². The van der Waals surface area contributed by atoms with Crippen molar-refractivity contribution >= 4 is 49.1 Å². The largest absolute Gasteiger partial charge is 0.496 e. The lowest BCUT2D eigenvalue weighted by Gasteiger charge is -2.14. The Hall–Kier alpha value is -0.910. The molecular weight excluding hydrogens is 421 g/mol. The molecule has 0 bridgehead atoms. The van der Waals surface area contributed by atoms with E-state index in [1.165, 1.54) is 0 Å². The zero-order valence-corrected chi connectivity index (χ0v) is 15.5. The Labute approximate surface area is 145 Å². The number of hydrogen-bond acceptors (Lipinski definition) is 3. The second-order valence-corrected chi connectivity index (χ2v) is 6.44. The first-order valence-corrected chi connectivity index (χ1v) is 8.11. The fraction of sp³-hybridized carbons (Fsp3) is 0.200. The number of ether oxygens (including phenoxy) is 2. The van der Waals surface area contributed by atoms with Crippen LogP contribution < -0.4 is 14.8 Å². The quantitative estimate of drug-likeness (QED) is 0.673. The van der Waals surface area contributed by atoms with Crippen molar-refractivity contribution in [2.75, 3.05) is 19.5 Å². The van der Waals surface area contributed by atoms with E-state index in [0.29, 0.717) is 11.6 Å². The fourth-order valence-corrected chi connectivity index (χ4v) is 3.48. The van der Waals surface area contributed by atoms with E-state index in [1.54, 1.807) is 20.3 Å². The first kappa shape index (κ1) is 16.5. The molecule has 0 amide bonds. The second kappa shape index (κ2) is 7.38. The summed E-state index contributed by atoms with van der Waals surface area (Å²) in [7, 11) is 3.27. The molecule has 3 nitrogen and oxygen atoms in total. The Morgan fingerprint density at radius 1 is 1.05 bits per heavy atom. The third kappa shape index (κ3) is 4.05. The molecule has 2 aromatic carbocycles. The van der Waals surface area contributed by atoms with E-state index in [4.69, 9.17) is 21.1 Å². The Morgan fingerprint density at radius 3 is 2.43 bits per heavy atom. The van der Waals surface area contributed by atoms with Gasteiger partial charge in [-0.05, 0) is 61.7 Å². The average molecular weight is 436 g/mol. The van der Waals surface area contributed by atoms with Crippen LogP contribution in [0.1, 0.15) is 5.56 Å². The van der Waals surface area contributed by atoms with Crippen molar-refractivity contribution in [3.63, 3.8) is 0 Å². The van der Waals surface area contributed by atoms with Crippen LogP contribution in [-0.2, 0) is 6.54 Å². The molecule has 0 unspecified atom stereocenters. The molecule has 21 heavy (non-hydrogen) atoms. The Bertz CT molecular complexity index is 650. The molecule has 0 fully saturated rings. The van der Waals surface area contributed by atoms with Crippen molar-refractivity contribution in [1.29, 1.82) is 0 Å². The maximum absolute atomic E-state index is 6.08. The van der Waals surface area contributed by atoms with E-state index in [0.717, 1.165) is 31.7 Å². The number of methoxy groups -OCH3 is 2. The normalized spacial score (nSPS) is 10.3. The van der Waals surface area contributed by atoms with Crippen LogP contribution in [0.2, 0.25) is 5.02 Å². The smallest absolute Gasteiger partial charge is 0.156 e. The van der Waals surface area contributed by atoms with Crippen LogP contribution in [0.4, 0.5) is 5.69 Å². The number of nitrogens with one attached hydrogen (secondary N) is 1. The second-order valence-electron chi connectivity index (χ2n) is 4.29. The van der Waals surface area contributed by atoms with Crippen LogP contribution in [0.25, 0.3) is 0 Å². The van der Waals surface area contributed by atoms with Gasteiger partial charge in [0.2, 0.25) is 0 Å². The van der Waals surface area contributed by atoms with E-state index in [-0.39, 0.29) is 0 Å². The van der Waals surface area contributed by atoms with Gasteiger partial charge in [-0.25, -0.2) is 0 Å². The summed E-state index contributed by atoms with van der Waals surface area (Å²) >= 11 is 13.0. The molecule has 1 N–H and O–H groups in total. The number of benzene rings is 2. The minimum atomic E-state index is 0.640. The molecule has 0 aliphatic rings. The third-order valence-electron chi connectivity index (χ3n) is 2.91. The van der Waals surface area contributed by atoms with Gasteiger partial charge in [-0.1, -0.05) is 17.7 Å². The standard InChI is InChI=1S/C15H14Br2ClNO2/c1-20-14-4-3-9(5-11(14)16)8-19-13-7-10(18)6-12(17)15(13)21-2/h3-7,19H,8H2,1-2H3. The topological polar surface area (TPSA) is 30.5 Å². The molecular formula is C15H14Br2ClNO2. The maximum atomic E-state index is 6.08. The van der Waals surface area contributed by atoms with E-state index >= 15 is 0 Å². The summed E-state index contributed by atoms with van der Waals surface area (Å²) in [6.07, 6.45) is 0. The summed E-state index contributed by atoms with van der Waals surface area (Å²) in [5.74, 6) is 1.54. The minimum absolute atomic E-state index is 0.640. The highest BCUT2D eigenvalue weighted by Crippen LogP contribution is 2.36. The summed E-state index contributed by atoms with van der Waals surface area (Å²) in [6, 6.07) is 9.58. The van der Waals surface area contributed by atoms with Crippen LogP contribution >= 0.6 is 43.5 Å². The van der Waals surface area contributed by atoms with Gasteiger partial charge in [0.15, 0.2) is 5.75 Å². The summed E-state index contributed by atoms with van der Waals surface area (Å²) in [6.45, 7) is 0.645. The van der Waals surface area contributed by atoms with Crippen LogP contribution in [0, 0.1) is 0 Å². The Balaban J connectivity index is 2.18. The molecule has 0 atom stereocenters. The Morgan fingerprint density at radius 2 is 1.81 bits per heavy atom. The van der Waals surface area contributed by atoms with E-state index in [1.807, 2.05) is 24.3 Å². The average Bonchev–Trinajstić information content (AvgIpc) is 2.44. The van der Waals surface area contributed by atoms with Gasteiger partial charge in [-0.2, -0.15) is 0 Å². The molecule has 0 saturated carbocycles. The van der Waals surface area contributed by atoms with Crippen LogP contribution in [-0.4, -0.2) is 14.2 Å². The molecule has 6 heteroatoms. The molecule has 0 aliphatic carbocycles. The molecule has 0 spiro atoms. The first-order chi connectivity index (χ1) is 10.0. The number of rotatable bonds is 5. The van der Waals surface area contributed by atoms with E-state index in [9.17, 15) is 0 Å². The molecule has 0 radical (unpaired) electrons. The zero-order chi connectivity index (χ0) is 15.4. The van der Waals surface area contributed by atoms with Crippen LogP contribution in [0.5, 0.6) is 11.5 Å². The van der Waals surface area contributed by atoms with Gasteiger partial charge in [0.05, 0.1) is 28.9 Å². The van der Waals surface area contributed by atoms with E-state index < -0.39 is 0 Å². The minimum Gasteiger partial charge on any atom is -0.496 e. The zero-order valence-electron chi connectivity index (χ0n) is 11.5. The highest BCUT2D eigenvalue weighted by molar-refractivity contribution is 9.10. The summed E-state index contributed by atoms with van der Waals surface area (Å²) in [4.78, 5) is 0. The lowest BCUT2D eigenvalue weighted by molar-refractivity contribution is 0.412. The fourth-order valence-electron chi connectivity index (χ4n) is 1.92. The van der Waals surface area contributed by atoms with Gasteiger partial charge in [0, 0.05) is 11.6 Å². The lowest BCUT2D eigenvalue weighted by atomic mass is 10.2. The highest BCUT2D eigenvalue weighted by atomic mass is 79.9. The molecule has 2 aromatic rings. The number of anilines is 1. The lowest BCUT2D eigenvalue weighted by Crippen LogP contribution is -2.02. The number of hydrogen-bond donors (Lipinski definition) is 1. The van der Waals surface area contributed by atoms with E-state index in [2.05, 4.69) is 37.2 Å². The van der Waals surface area contributed by atoms with Crippen molar-refractivity contribution in [2.45, 2.75) is 6.54 Å². The molecule has 112 valence electrons. The molecule has 2 rings (SSSR count). The van der Waals surface area contributed by atoms with Crippen molar-refractivity contribution in [1.82, 2.24) is 0 Å². The van der Waals surface area contributed by atoms with Gasteiger partial charge < -0.3 is 14.8 Å². The van der Waals surface area contributed by atoms with Crippen molar-refractivity contribution < 1.29 is 9.47 Å². The van der Waals surface area contributed by atoms with Gasteiger partial charge >= 0.3 is 0 Å². The van der Waals surface area contributed by atoms with Gasteiger partial charge in [-0.15, -0.1) is 0 Å². The molecule has 0 heterocycles. The summed E-state index contributed by atoms with van der Waals surface area (Å²) in [5.41, 5.74) is 1.95. The van der Waals surface area contributed by atoms with Gasteiger partial charge in [-0.3, -0.25) is 0 Å². The van der Waals surface area contributed by atoms with Gasteiger partial charge in [0.1, 0.15) is 5.75 Å². The van der Waals surface area contributed by atoms with Crippen LogP contribution in [0.3, 0.4) is 0 Å². The molecule has 0 aromatic heterocycles. The maximum Gasteiger partial charge on any atom is 0.156 e.